The van der Waals surface area contributed by atoms with E-state index in [0.29, 0.717) is 4.83 Å². The van der Waals surface area contributed by atoms with Gasteiger partial charge in [0.1, 0.15) is 0 Å². The van der Waals surface area contributed by atoms with Gasteiger partial charge in [-0.2, -0.15) is 0 Å². The van der Waals surface area contributed by atoms with Gasteiger partial charge >= 0.3 is 0 Å². The van der Waals surface area contributed by atoms with E-state index in [0.717, 1.165) is 6.54 Å². The van der Waals surface area contributed by atoms with Crippen LogP contribution in [-0.4, -0.2) is 14.4 Å². The van der Waals surface area contributed by atoms with Crippen LogP contribution in [0.15, 0.2) is 18.7 Å². The number of aromatic nitrogens is 2. The van der Waals surface area contributed by atoms with Gasteiger partial charge in [-0.25, -0.2) is 4.98 Å². The van der Waals surface area contributed by atoms with Gasteiger partial charge < -0.3 is 4.57 Å². The average molecular weight is 217 g/mol. The summed E-state index contributed by atoms with van der Waals surface area (Å²) in [6, 6.07) is 0. The molecule has 0 N–H and O–H groups in total. The highest BCUT2D eigenvalue weighted by atomic mass is 79.9. The van der Waals surface area contributed by atoms with Gasteiger partial charge in [-0.15, -0.1) is 0 Å². The van der Waals surface area contributed by atoms with E-state index < -0.39 is 0 Å². The summed E-state index contributed by atoms with van der Waals surface area (Å²) in [6.07, 6.45) is 8.11. The Bertz CT molecular complexity index is 182. The fourth-order valence-corrected chi connectivity index (χ4v) is 1.30. The smallest absolute Gasteiger partial charge is 0.0945 e. The molecule has 0 bridgehead atoms. The fraction of sp³-hybridized carbons (Fsp3) is 0.625. The van der Waals surface area contributed by atoms with Crippen molar-refractivity contribution in [2.45, 2.75) is 31.1 Å². The van der Waals surface area contributed by atoms with Crippen molar-refractivity contribution in [1.29, 1.82) is 0 Å². The maximum atomic E-state index is 3.97. The second-order valence-corrected chi connectivity index (χ2v) is 4.29. The fourth-order valence-electron chi connectivity index (χ4n) is 0.974. The van der Waals surface area contributed by atoms with Crippen LogP contribution in [0.25, 0.3) is 0 Å². The van der Waals surface area contributed by atoms with Crippen LogP contribution in [0.2, 0.25) is 0 Å². The van der Waals surface area contributed by atoms with Crippen molar-refractivity contribution in [2.75, 3.05) is 0 Å². The van der Waals surface area contributed by atoms with Crippen molar-refractivity contribution >= 4 is 15.9 Å². The Kier molecular flexibility index (Phi) is 3.63. The molecule has 0 saturated carbocycles. The first kappa shape index (κ1) is 8.78. The molecule has 0 aliphatic carbocycles. The number of aryl methyl sites for hydroxylation is 1. The molecular formula is C8H13BrN2. The molecule has 0 aliphatic heterocycles. The van der Waals surface area contributed by atoms with Gasteiger partial charge in [0.05, 0.1) is 6.33 Å². The highest BCUT2D eigenvalue weighted by Gasteiger charge is 1.95. The molecule has 1 atom stereocenters. The van der Waals surface area contributed by atoms with Gasteiger partial charge in [0.25, 0.3) is 0 Å². The summed E-state index contributed by atoms with van der Waals surface area (Å²) in [7, 11) is 0. The van der Waals surface area contributed by atoms with E-state index in [1.54, 1.807) is 0 Å². The number of halogens is 1. The van der Waals surface area contributed by atoms with Crippen LogP contribution >= 0.6 is 15.9 Å². The van der Waals surface area contributed by atoms with E-state index in [4.69, 9.17) is 0 Å². The van der Waals surface area contributed by atoms with Crippen molar-refractivity contribution in [1.82, 2.24) is 9.55 Å². The lowest BCUT2D eigenvalue weighted by molar-refractivity contribution is 0.610. The molecule has 0 fully saturated rings. The van der Waals surface area contributed by atoms with Gasteiger partial charge in [-0.05, 0) is 12.8 Å². The molecule has 2 nitrogen and oxygen atoms in total. The molecule has 1 aromatic rings. The Balaban J connectivity index is 2.14. The van der Waals surface area contributed by atoms with Crippen LogP contribution in [0.5, 0.6) is 0 Å². The molecule has 1 rings (SSSR count). The SMILES string of the molecule is CC(Br)CCCn1ccnc1. The second kappa shape index (κ2) is 4.54. The van der Waals surface area contributed by atoms with Gasteiger partial charge in [0, 0.05) is 23.8 Å². The summed E-state index contributed by atoms with van der Waals surface area (Å²) in [5.41, 5.74) is 0. The molecule has 0 aliphatic rings. The van der Waals surface area contributed by atoms with Gasteiger partial charge in [0.2, 0.25) is 0 Å². The number of imidazole rings is 1. The van der Waals surface area contributed by atoms with Gasteiger partial charge in [0.15, 0.2) is 0 Å². The quantitative estimate of drug-likeness (QED) is 0.708. The summed E-state index contributed by atoms with van der Waals surface area (Å²) >= 11 is 3.51. The van der Waals surface area contributed by atoms with E-state index in [2.05, 4.69) is 32.4 Å². The Labute approximate surface area is 75.8 Å². The van der Waals surface area contributed by atoms with E-state index >= 15 is 0 Å². The predicted molar refractivity (Wildman–Crippen MR) is 49.9 cm³/mol. The topological polar surface area (TPSA) is 17.8 Å². The van der Waals surface area contributed by atoms with Crippen LogP contribution in [0, 0.1) is 0 Å². The first-order valence-electron chi connectivity index (χ1n) is 3.89. The van der Waals surface area contributed by atoms with E-state index in [-0.39, 0.29) is 0 Å². The highest BCUT2D eigenvalue weighted by molar-refractivity contribution is 9.09. The highest BCUT2D eigenvalue weighted by Crippen LogP contribution is 2.07. The maximum absolute atomic E-state index is 3.97. The van der Waals surface area contributed by atoms with Crippen LogP contribution in [0.4, 0.5) is 0 Å². The van der Waals surface area contributed by atoms with Crippen molar-refractivity contribution in [3.63, 3.8) is 0 Å². The molecule has 3 heteroatoms. The molecule has 0 aromatic carbocycles. The largest absolute Gasteiger partial charge is 0.337 e. The molecule has 1 aromatic heterocycles. The second-order valence-electron chi connectivity index (χ2n) is 2.72. The molecule has 0 spiro atoms. The molecule has 0 radical (unpaired) electrons. The Hall–Kier alpha value is -0.310. The lowest BCUT2D eigenvalue weighted by Gasteiger charge is -2.02. The van der Waals surface area contributed by atoms with Crippen LogP contribution in [-0.2, 0) is 6.54 Å². The lowest BCUT2D eigenvalue weighted by atomic mass is 10.2. The minimum Gasteiger partial charge on any atom is -0.337 e. The summed E-state index contributed by atoms with van der Waals surface area (Å²) < 4.78 is 2.11. The van der Waals surface area contributed by atoms with Gasteiger partial charge in [-0.3, -0.25) is 0 Å². The standard InChI is InChI=1S/C8H13BrN2/c1-8(9)3-2-5-11-6-4-10-7-11/h4,6-8H,2-3,5H2,1H3. The van der Waals surface area contributed by atoms with E-state index in [1.165, 1.54) is 12.8 Å². The first-order chi connectivity index (χ1) is 5.29. The molecule has 1 heterocycles. The molecule has 62 valence electrons. The number of alkyl halides is 1. The number of rotatable bonds is 4. The van der Waals surface area contributed by atoms with Crippen molar-refractivity contribution in [2.24, 2.45) is 0 Å². The zero-order chi connectivity index (χ0) is 8.10. The minimum atomic E-state index is 0.631. The predicted octanol–water partition coefficient (Wildman–Crippen LogP) is 2.45. The number of hydrogen-bond acceptors (Lipinski definition) is 1. The van der Waals surface area contributed by atoms with E-state index in [9.17, 15) is 0 Å². The molecule has 0 saturated heterocycles. The first-order valence-corrected chi connectivity index (χ1v) is 4.80. The third-order valence-corrected chi connectivity index (χ3v) is 2.04. The summed E-state index contributed by atoms with van der Waals surface area (Å²) in [6.45, 7) is 3.25. The van der Waals surface area contributed by atoms with E-state index in [1.807, 2.05) is 18.7 Å². The Morgan fingerprint density at radius 3 is 3.00 bits per heavy atom. The van der Waals surface area contributed by atoms with Crippen LogP contribution in [0.3, 0.4) is 0 Å². The maximum Gasteiger partial charge on any atom is 0.0945 e. The minimum absolute atomic E-state index is 0.631. The Morgan fingerprint density at radius 1 is 1.64 bits per heavy atom. The van der Waals surface area contributed by atoms with Crippen molar-refractivity contribution in [3.8, 4) is 0 Å². The zero-order valence-corrected chi connectivity index (χ0v) is 8.29. The third kappa shape index (κ3) is 3.56. The summed E-state index contributed by atoms with van der Waals surface area (Å²) in [4.78, 5) is 4.60. The Morgan fingerprint density at radius 2 is 2.45 bits per heavy atom. The molecular weight excluding hydrogens is 204 g/mol. The normalized spacial score (nSPS) is 13.3. The van der Waals surface area contributed by atoms with Crippen LogP contribution < -0.4 is 0 Å². The number of hydrogen-bond donors (Lipinski definition) is 0. The molecule has 0 amide bonds. The molecule has 1 unspecified atom stereocenters. The third-order valence-electron chi connectivity index (χ3n) is 1.58. The summed E-state index contributed by atoms with van der Waals surface area (Å²) in [5, 5.41) is 0. The van der Waals surface area contributed by atoms with Crippen molar-refractivity contribution in [3.05, 3.63) is 18.7 Å². The van der Waals surface area contributed by atoms with Crippen molar-refractivity contribution < 1.29 is 0 Å². The average Bonchev–Trinajstić information content (AvgIpc) is 2.39. The monoisotopic (exact) mass is 216 g/mol. The lowest BCUT2D eigenvalue weighted by Crippen LogP contribution is -1.97. The van der Waals surface area contributed by atoms with Crippen LogP contribution in [0.1, 0.15) is 19.8 Å². The molecule has 11 heavy (non-hydrogen) atoms. The summed E-state index contributed by atoms with van der Waals surface area (Å²) in [5.74, 6) is 0. The van der Waals surface area contributed by atoms with Gasteiger partial charge in [-0.1, -0.05) is 22.9 Å². The zero-order valence-electron chi connectivity index (χ0n) is 6.70. The number of nitrogens with zero attached hydrogens (tertiary/aromatic N) is 2.